The quantitative estimate of drug-likeness (QED) is 0.0719. The maximum atomic E-state index is 13.2. The lowest BCUT2D eigenvalue weighted by Crippen LogP contribution is -2.38. The van der Waals surface area contributed by atoms with E-state index < -0.39 is 23.5 Å². The topological polar surface area (TPSA) is 88.1 Å². The standard InChI is InChI=1S/C44H40O7/c1-44(19-7-9-21-49-43(44)47)51-27-40-35-13-5-3-11-31(35)23-33-18-16-29(25-38(33)40)28-15-17-32-22-30-10-2-4-12-34(30)39(37(32)24-28)26-50-42(46)36-14-6-8-20-48-41(36)45/h2-5,10-13,15-18,22-25,36H,6-9,14,19-21,26-27H2,1H3. The van der Waals surface area contributed by atoms with Gasteiger partial charge in [-0.1, -0.05) is 72.8 Å². The molecule has 0 radical (unpaired) electrons. The highest BCUT2D eigenvalue weighted by atomic mass is 16.6. The van der Waals surface area contributed by atoms with Gasteiger partial charge < -0.3 is 18.9 Å². The van der Waals surface area contributed by atoms with E-state index in [4.69, 9.17) is 18.9 Å². The Labute approximate surface area is 296 Å². The summed E-state index contributed by atoms with van der Waals surface area (Å²) in [5.74, 6) is -2.24. The van der Waals surface area contributed by atoms with Crippen molar-refractivity contribution in [3.63, 3.8) is 0 Å². The Bertz CT molecular complexity index is 2320. The van der Waals surface area contributed by atoms with Gasteiger partial charge in [0, 0.05) is 5.56 Å². The molecule has 7 heteroatoms. The molecule has 0 amide bonds. The number of benzene rings is 6. The predicted molar refractivity (Wildman–Crippen MR) is 198 cm³/mol. The van der Waals surface area contributed by atoms with Crippen molar-refractivity contribution in [3.05, 3.63) is 108 Å². The van der Waals surface area contributed by atoms with E-state index in [1.807, 2.05) is 37.3 Å². The van der Waals surface area contributed by atoms with Gasteiger partial charge in [-0.15, -0.1) is 0 Å². The first kappa shape index (κ1) is 32.9. The van der Waals surface area contributed by atoms with Crippen LogP contribution >= 0.6 is 0 Å². The Hall–Kier alpha value is -5.27. The van der Waals surface area contributed by atoms with Crippen LogP contribution in [0.15, 0.2) is 97.1 Å². The lowest BCUT2D eigenvalue weighted by Gasteiger charge is -2.26. The number of fused-ring (bicyclic) bond motifs is 4. The van der Waals surface area contributed by atoms with Crippen LogP contribution in [0.2, 0.25) is 0 Å². The summed E-state index contributed by atoms with van der Waals surface area (Å²) in [5.41, 5.74) is 2.95. The molecule has 7 nitrogen and oxygen atoms in total. The van der Waals surface area contributed by atoms with E-state index >= 15 is 0 Å². The van der Waals surface area contributed by atoms with Crippen LogP contribution in [0.1, 0.15) is 56.6 Å². The molecule has 2 fully saturated rings. The fourth-order valence-electron chi connectivity index (χ4n) is 7.62. The van der Waals surface area contributed by atoms with Gasteiger partial charge in [0.05, 0.1) is 19.8 Å². The van der Waals surface area contributed by atoms with Gasteiger partial charge in [-0.3, -0.25) is 9.59 Å². The second kappa shape index (κ2) is 13.8. The summed E-state index contributed by atoms with van der Waals surface area (Å²) in [6, 6.07) is 33.6. The van der Waals surface area contributed by atoms with Crippen LogP contribution in [0.3, 0.4) is 0 Å². The molecule has 0 saturated carbocycles. The molecule has 6 aromatic carbocycles. The smallest absolute Gasteiger partial charge is 0.338 e. The van der Waals surface area contributed by atoms with Crippen LogP contribution in [0.25, 0.3) is 54.2 Å². The lowest BCUT2D eigenvalue weighted by atomic mass is 9.91. The first-order valence-corrected chi connectivity index (χ1v) is 17.9. The molecule has 0 bridgehead atoms. The fourth-order valence-corrected chi connectivity index (χ4v) is 7.62. The van der Waals surface area contributed by atoms with Gasteiger partial charge in [-0.2, -0.15) is 0 Å². The van der Waals surface area contributed by atoms with Crippen molar-refractivity contribution in [2.75, 3.05) is 13.2 Å². The number of rotatable bonds is 7. The average molecular weight is 681 g/mol. The number of hydrogen-bond donors (Lipinski definition) is 0. The first-order valence-electron chi connectivity index (χ1n) is 17.9. The van der Waals surface area contributed by atoms with Crippen molar-refractivity contribution < 1.29 is 33.3 Å². The summed E-state index contributed by atoms with van der Waals surface area (Å²) < 4.78 is 23.1. The zero-order valence-corrected chi connectivity index (χ0v) is 28.7. The molecular weight excluding hydrogens is 640 g/mol. The van der Waals surface area contributed by atoms with Crippen LogP contribution in [0, 0.1) is 5.92 Å². The number of hydrogen-bond acceptors (Lipinski definition) is 7. The molecule has 0 N–H and O–H groups in total. The molecular formula is C44H40O7. The lowest BCUT2D eigenvalue weighted by molar-refractivity contribution is -0.170. The molecule has 2 unspecified atom stereocenters. The minimum atomic E-state index is -1.01. The molecule has 51 heavy (non-hydrogen) atoms. The van der Waals surface area contributed by atoms with Gasteiger partial charge in [0.15, 0.2) is 11.5 Å². The van der Waals surface area contributed by atoms with Gasteiger partial charge in [-0.25, -0.2) is 4.79 Å². The molecule has 6 aromatic rings. The SMILES string of the molecule is CC1(OCc2c3ccccc3cc3ccc(-c4ccc5cc6ccccc6c(COC(=O)C6CCCCOC6=O)c5c4)cc23)CCCCOC1=O. The van der Waals surface area contributed by atoms with Crippen molar-refractivity contribution >= 4 is 61.0 Å². The van der Waals surface area contributed by atoms with Crippen molar-refractivity contribution in [2.45, 2.75) is 64.3 Å². The molecule has 8 rings (SSSR count). The van der Waals surface area contributed by atoms with E-state index in [0.717, 1.165) is 91.0 Å². The summed E-state index contributed by atoms with van der Waals surface area (Å²) in [5, 5.41) is 8.38. The fraction of sp³-hybridized carbons (Fsp3) is 0.295. The highest BCUT2D eigenvalue weighted by Gasteiger charge is 2.37. The predicted octanol–water partition coefficient (Wildman–Crippen LogP) is 9.36. The summed E-state index contributed by atoms with van der Waals surface area (Å²) in [4.78, 5) is 38.6. The largest absolute Gasteiger partial charge is 0.465 e. The van der Waals surface area contributed by atoms with Gasteiger partial charge in [0.25, 0.3) is 0 Å². The number of ether oxygens (including phenoxy) is 4. The number of esters is 3. The van der Waals surface area contributed by atoms with E-state index in [1.54, 1.807) is 0 Å². The minimum Gasteiger partial charge on any atom is -0.465 e. The van der Waals surface area contributed by atoms with Crippen molar-refractivity contribution in [2.24, 2.45) is 5.92 Å². The third kappa shape index (κ3) is 6.43. The molecule has 258 valence electrons. The second-order valence-corrected chi connectivity index (χ2v) is 14.0. The van der Waals surface area contributed by atoms with Crippen molar-refractivity contribution in [1.82, 2.24) is 0 Å². The molecule has 2 saturated heterocycles. The minimum absolute atomic E-state index is 0.0380. The Morgan fingerprint density at radius 3 is 1.90 bits per heavy atom. The first-order chi connectivity index (χ1) is 24.9. The van der Waals surface area contributed by atoms with E-state index in [9.17, 15) is 14.4 Å². The van der Waals surface area contributed by atoms with Gasteiger partial charge in [-0.05, 0) is 129 Å². The van der Waals surface area contributed by atoms with E-state index in [1.165, 1.54) is 0 Å². The van der Waals surface area contributed by atoms with Crippen LogP contribution in [0.4, 0.5) is 0 Å². The molecule has 0 spiro atoms. The van der Waals surface area contributed by atoms with Crippen LogP contribution in [-0.4, -0.2) is 36.7 Å². The average Bonchev–Trinajstić information content (AvgIpc) is 3.47. The zero-order chi connectivity index (χ0) is 35.0. The third-order valence-electron chi connectivity index (χ3n) is 10.6. The van der Waals surface area contributed by atoms with E-state index in [0.29, 0.717) is 26.1 Å². The Kier molecular flexibility index (Phi) is 8.90. The molecule has 2 atom stereocenters. The Balaban J connectivity index is 1.19. The molecule has 0 aromatic heterocycles. The zero-order valence-electron chi connectivity index (χ0n) is 28.7. The highest BCUT2D eigenvalue weighted by Crippen LogP contribution is 2.37. The van der Waals surface area contributed by atoms with E-state index in [2.05, 4.69) is 66.7 Å². The summed E-state index contributed by atoms with van der Waals surface area (Å²) in [6.07, 6.45) is 4.26. The van der Waals surface area contributed by atoms with Crippen molar-refractivity contribution in [3.8, 4) is 11.1 Å². The van der Waals surface area contributed by atoms with Crippen LogP contribution in [-0.2, 0) is 46.5 Å². The van der Waals surface area contributed by atoms with E-state index in [-0.39, 0.29) is 19.2 Å². The number of cyclic esters (lactones) is 2. The normalized spacial score (nSPS) is 19.8. The second-order valence-electron chi connectivity index (χ2n) is 14.0. The molecule has 2 aliphatic heterocycles. The van der Waals surface area contributed by atoms with Crippen molar-refractivity contribution in [1.29, 1.82) is 0 Å². The third-order valence-corrected chi connectivity index (χ3v) is 10.6. The number of carbonyl (C=O) groups is 3. The summed E-state index contributed by atoms with van der Waals surface area (Å²) >= 11 is 0. The monoisotopic (exact) mass is 680 g/mol. The van der Waals surface area contributed by atoms with Gasteiger partial charge >= 0.3 is 17.9 Å². The van der Waals surface area contributed by atoms with Gasteiger partial charge in [0.2, 0.25) is 0 Å². The summed E-state index contributed by atoms with van der Waals surface area (Å²) in [7, 11) is 0. The van der Waals surface area contributed by atoms with Crippen LogP contribution in [0.5, 0.6) is 0 Å². The van der Waals surface area contributed by atoms with Crippen LogP contribution < -0.4 is 0 Å². The maximum Gasteiger partial charge on any atom is 0.338 e. The maximum absolute atomic E-state index is 13.2. The van der Waals surface area contributed by atoms with Gasteiger partial charge in [0.1, 0.15) is 6.61 Å². The Morgan fingerprint density at radius 1 is 0.667 bits per heavy atom. The molecule has 2 aliphatic rings. The Morgan fingerprint density at radius 2 is 1.24 bits per heavy atom. The molecule has 2 heterocycles. The highest BCUT2D eigenvalue weighted by molar-refractivity contribution is 6.06. The summed E-state index contributed by atoms with van der Waals surface area (Å²) in [6.45, 7) is 2.91. The number of carbonyl (C=O) groups excluding carboxylic acids is 3. The molecule has 0 aliphatic carbocycles.